The van der Waals surface area contributed by atoms with Crippen molar-refractivity contribution in [3.05, 3.63) is 23.3 Å². The zero-order valence-electron chi connectivity index (χ0n) is 7.94. The van der Waals surface area contributed by atoms with E-state index in [4.69, 9.17) is 11.6 Å². The molecule has 0 fully saturated rings. The number of halogens is 1. The molecule has 1 atom stereocenters. The average molecular weight is 185 g/mol. The molecule has 0 saturated carbocycles. The van der Waals surface area contributed by atoms with Crippen LogP contribution in [0.4, 0.5) is 0 Å². The van der Waals surface area contributed by atoms with Crippen molar-refractivity contribution in [3.63, 3.8) is 0 Å². The molecule has 0 aromatic carbocycles. The van der Waals surface area contributed by atoms with Gasteiger partial charge in [0.2, 0.25) is 0 Å². The molecule has 0 N–H and O–H groups in total. The van der Waals surface area contributed by atoms with Gasteiger partial charge >= 0.3 is 0 Å². The molecule has 0 aromatic rings. The minimum atomic E-state index is 0.237. The van der Waals surface area contributed by atoms with Gasteiger partial charge < -0.3 is 0 Å². The predicted molar refractivity (Wildman–Crippen MR) is 55.6 cm³/mol. The van der Waals surface area contributed by atoms with Crippen LogP contribution in [-0.2, 0) is 0 Å². The summed E-state index contributed by atoms with van der Waals surface area (Å²) < 4.78 is 0. The molecule has 0 spiro atoms. The fourth-order valence-electron chi connectivity index (χ4n) is 1.49. The zero-order chi connectivity index (χ0) is 8.97. The Hall–Kier alpha value is -0.230. The van der Waals surface area contributed by atoms with Gasteiger partial charge in [0.1, 0.15) is 0 Å². The van der Waals surface area contributed by atoms with Crippen molar-refractivity contribution in [3.8, 4) is 0 Å². The standard InChI is InChI=1S/C11H17Cl/c1-3-4-5-10-8-11(12)7-6-9(10)2/h6,8,11H,3-5,7H2,1-2H3. The summed E-state index contributed by atoms with van der Waals surface area (Å²) in [6, 6.07) is 0. The fraction of sp³-hybridized carbons (Fsp3) is 0.636. The highest BCUT2D eigenvalue weighted by atomic mass is 35.5. The SMILES string of the molecule is CCCCC1=CC(Cl)CC=C1C. The highest BCUT2D eigenvalue weighted by Gasteiger charge is 2.09. The van der Waals surface area contributed by atoms with E-state index < -0.39 is 0 Å². The molecular formula is C11H17Cl. The molecule has 0 aliphatic heterocycles. The Kier molecular flexibility index (Phi) is 3.87. The molecule has 12 heavy (non-hydrogen) atoms. The van der Waals surface area contributed by atoms with Gasteiger partial charge in [-0.05, 0) is 31.8 Å². The van der Waals surface area contributed by atoms with Crippen LogP contribution in [0, 0.1) is 0 Å². The molecule has 68 valence electrons. The Balaban J connectivity index is 2.53. The van der Waals surface area contributed by atoms with E-state index in [2.05, 4.69) is 26.0 Å². The third kappa shape index (κ3) is 2.67. The van der Waals surface area contributed by atoms with Crippen LogP contribution in [0.5, 0.6) is 0 Å². The van der Waals surface area contributed by atoms with Crippen LogP contribution >= 0.6 is 11.6 Å². The molecule has 0 amide bonds. The largest absolute Gasteiger partial charge is 0.118 e. The van der Waals surface area contributed by atoms with Gasteiger partial charge in [-0.3, -0.25) is 0 Å². The molecule has 1 rings (SSSR count). The summed E-state index contributed by atoms with van der Waals surface area (Å²) in [7, 11) is 0. The van der Waals surface area contributed by atoms with Crippen LogP contribution in [-0.4, -0.2) is 5.38 Å². The van der Waals surface area contributed by atoms with Crippen molar-refractivity contribution in [2.75, 3.05) is 0 Å². The van der Waals surface area contributed by atoms with Crippen molar-refractivity contribution >= 4 is 11.6 Å². The lowest BCUT2D eigenvalue weighted by molar-refractivity contribution is 0.780. The molecule has 0 heterocycles. The van der Waals surface area contributed by atoms with E-state index >= 15 is 0 Å². The van der Waals surface area contributed by atoms with E-state index in [1.165, 1.54) is 30.4 Å². The van der Waals surface area contributed by atoms with Crippen molar-refractivity contribution in [1.29, 1.82) is 0 Å². The van der Waals surface area contributed by atoms with Gasteiger partial charge in [0.15, 0.2) is 0 Å². The zero-order valence-corrected chi connectivity index (χ0v) is 8.69. The Morgan fingerprint density at radius 1 is 1.58 bits per heavy atom. The highest BCUT2D eigenvalue weighted by molar-refractivity contribution is 6.22. The quantitative estimate of drug-likeness (QED) is 0.581. The third-order valence-electron chi connectivity index (χ3n) is 2.34. The maximum absolute atomic E-state index is 6.03. The summed E-state index contributed by atoms with van der Waals surface area (Å²) in [5.74, 6) is 0. The summed E-state index contributed by atoms with van der Waals surface area (Å²) >= 11 is 6.03. The first kappa shape index (κ1) is 9.85. The minimum absolute atomic E-state index is 0.237. The second-order valence-corrected chi connectivity index (χ2v) is 3.99. The predicted octanol–water partition coefficient (Wildman–Crippen LogP) is 4.06. The Morgan fingerprint density at radius 3 is 3.00 bits per heavy atom. The molecule has 0 saturated heterocycles. The highest BCUT2D eigenvalue weighted by Crippen LogP contribution is 2.25. The first-order chi connectivity index (χ1) is 5.74. The molecular weight excluding hydrogens is 168 g/mol. The van der Waals surface area contributed by atoms with Crippen molar-refractivity contribution < 1.29 is 0 Å². The monoisotopic (exact) mass is 184 g/mol. The second kappa shape index (κ2) is 4.71. The molecule has 0 bridgehead atoms. The lowest BCUT2D eigenvalue weighted by Gasteiger charge is -2.15. The lowest BCUT2D eigenvalue weighted by Crippen LogP contribution is -2.02. The second-order valence-electron chi connectivity index (χ2n) is 3.43. The smallest absolute Gasteiger partial charge is 0.0556 e. The summed E-state index contributed by atoms with van der Waals surface area (Å²) in [6.07, 6.45) is 9.21. The van der Waals surface area contributed by atoms with Gasteiger partial charge in [-0.25, -0.2) is 0 Å². The van der Waals surface area contributed by atoms with E-state index in [0.29, 0.717) is 0 Å². The number of alkyl halides is 1. The van der Waals surface area contributed by atoms with Gasteiger partial charge in [0.25, 0.3) is 0 Å². The van der Waals surface area contributed by atoms with Gasteiger partial charge in [0.05, 0.1) is 5.38 Å². The summed E-state index contributed by atoms with van der Waals surface area (Å²) in [6.45, 7) is 4.41. The van der Waals surface area contributed by atoms with Gasteiger partial charge in [-0.2, -0.15) is 0 Å². The molecule has 1 unspecified atom stereocenters. The van der Waals surface area contributed by atoms with E-state index in [-0.39, 0.29) is 5.38 Å². The van der Waals surface area contributed by atoms with Crippen LogP contribution < -0.4 is 0 Å². The first-order valence-electron chi connectivity index (χ1n) is 4.76. The summed E-state index contributed by atoms with van der Waals surface area (Å²) in [5, 5.41) is 0.237. The Morgan fingerprint density at radius 2 is 2.33 bits per heavy atom. The van der Waals surface area contributed by atoms with Crippen molar-refractivity contribution in [2.24, 2.45) is 0 Å². The van der Waals surface area contributed by atoms with Crippen molar-refractivity contribution in [1.82, 2.24) is 0 Å². The molecule has 1 aliphatic carbocycles. The molecule has 0 aromatic heterocycles. The molecule has 1 heteroatoms. The van der Waals surface area contributed by atoms with Crippen LogP contribution in [0.3, 0.4) is 0 Å². The Bertz CT molecular complexity index is 201. The van der Waals surface area contributed by atoms with E-state index in [9.17, 15) is 0 Å². The Labute approximate surface area is 80.3 Å². The maximum atomic E-state index is 6.03. The normalized spacial score (nSPS) is 23.4. The molecule has 1 aliphatic rings. The minimum Gasteiger partial charge on any atom is -0.118 e. The summed E-state index contributed by atoms with van der Waals surface area (Å²) in [5.41, 5.74) is 2.89. The van der Waals surface area contributed by atoms with E-state index in [0.717, 1.165) is 6.42 Å². The average Bonchev–Trinajstić information content (AvgIpc) is 2.07. The number of hydrogen-bond acceptors (Lipinski definition) is 0. The van der Waals surface area contributed by atoms with E-state index in [1.807, 2.05) is 0 Å². The molecule has 0 nitrogen and oxygen atoms in total. The number of rotatable bonds is 3. The van der Waals surface area contributed by atoms with Crippen LogP contribution in [0.15, 0.2) is 23.3 Å². The van der Waals surface area contributed by atoms with Crippen LogP contribution in [0.2, 0.25) is 0 Å². The van der Waals surface area contributed by atoms with Crippen LogP contribution in [0.1, 0.15) is 39.5 Å². The fourth-order valence-corrected chi connectivity index (χ4v) is 1.73. The van der Waals surface area contributed by atoms with E-state index in [1.54, 1.807) is 0 Å². The lowest BCUT2D eigenvalue weighted by atomic mass is 9.95. The summed E-state index contributed by atoms with van der Waals surface area (Å²) in [4.78, 5) is 0. The van der Waals surface area contributed by atoms with Gasteiger partial charge in [-0.1, -0.05) is 31.1 Å². The number of allylic oxidation sites excluding steroid dienone is 4. The molecule has 0 radical (unpaired) electrons. The van der Waals surface area contributed by atoms with Gasteiger partial charge in [-0.15, -0.1) is 11.6 Å². The topological polar surface area (TPSA) is 0 Å². The van der Waals surface area contributed by atoms with Crippen LogP contribution in [0.25, 0.3) is 0 Å². The number of unbranched alkanes of at least 4 members (excludes halogenated alkanes) is 1. The maximum Gasteiger partial charge on any atom is 0.0556 e. The third-order valence-corrected chi connectivity index (χ3v) is 2.64. The number of hydrogen-bond donors (Lipinski definition) is 0. The van der Waals surface area contributed by atoms with Crippen molar-refractivity contribution in [2.45, 2.75) is 44.9 Å². The van der Waals surface area contributed by atoms with Gasteiger partial charge in [0, 0.05) is 0 Å². The first-order valence-corrected chi connectivity index (χ1v) is 5.19.